The normalized spacial score (nSPS) is 17.0. The lowest BCUT2D eigenvalue weighted by atomic mass is 10.0. The number of benzene rings is 1. The Morgan fingerprint density at radius 3 is 2.85 bits per heavy atom. The number of carbonyl (C=O) groups is 1. The third-order valence-electron chi connectivity index (χ3n) is 4.96. The van der Waals surface area contributed by atoms with Crippen molar-refractivity contribution < 1.29 is 9.53 Å². The molecule has 0 spiro atoms. The summed E-state index contributed by atoms with van der Waals surface area (Å²) in [5.41, 5.74) is 4.02. The van der Waals surface area contributed by atoms with Gasteiger partial charge < -0.3 is 9.64 Å². The van der Waals surface area contributed by atoms with Crippen molar-refractivity contribution in [2.45, 2.75) is 32.7 Å². The van der Waals surface area contributed by atoms with Crippen molar-refractivity contribution in [2.24, 2.45) is 0 Å². The van der Waals surface area contributed by atoms with Crippen LogP contribution >= 0.6 is 0 Å². The first kappa shape index (κ1) is 16.6. The number of likely N-dealkylation sites (tertiary alicyclic amines) is 1. The molecule has 0 unspecified atom stereocenters. The molecule has 1 saturated heterocycles. The number of hydrogen-bond acceptors (Lipinski definition) is 4. The van der Waals surface area contributed by atoms with Crippen molar-refractivity contribution in [3.05, 3.63) is 59.0 Å². The monoisotopic (exact) mass is 350 g/mol. The van der Waals surface area contributed by atoms with Gasteiger partial charge in [-0.25, -0.2) is 9.50 Å². The molecule has 1 aromatic carbocycles. The van der Waals surface area contributed by atoms with Crippen LogP contribution in [0, 0.1) is 13.8 Å². The van der Waals surface area contributed by atoms with Crippen molar-refractivity contribution >= 4 is 11.6 Å². The summed E-state index contributed by atoms with van der Waals surface area (Å²) in [6.45, 7) is 4.60. The average molecular weight is 350 g/mol. The molecule has 2 aromatic heterocycles. The smallest absolute Gasteiger partial charge is 0.273 e. The van der Waals surface area contributed by atoms with E-state index in [1.165, 1.54) is 0 Å². The van der Waals surface area contributed by atoms with E-state index in [1.54, 1.807) is 11.6 Å². The van der Waals surface area contributed by atoms with Crippen LogP contribution in [0.3, 0.4) is 0 Å². The molecule has 6 heteroatoms. The van der Waals surface area contributed by atoms with Crippen LogP contribution in [0.1, 0.15) is 46.3 Å². The molecule has 1 amide bonds. The van der Waals surface area contributed by atoms with E-state index in [2.05, 4.69) is 10.1 Å². The van der Waals surface area contributed by atoms with Gasteiger partial charge >= 0.3 is 0 Å². The third-order valence-corrected chi connectivity index (χ3v) is 4.96. The average Bonchev–Trinajstić information content (AvgIpc) is 3.27. The lowest BCUT2D eigenvalue weighted by Crippen LogP contribution is -2.31. The molecule has 0 radical (unpaired) electrons. The SMILES string of the molecule is COc1ccccc1[C@@H]1CCCN1C(=O)c1cc(C)n2nc(C)cc2n1. The number of rotatable bonds is 3. The highest BCUT2D eigenvalue weighted by Gasteiger charge is 2.33. The van der Waals surface area contributed by atoms with E-state index in [0.717, 1.165) is 42.1 Å². The Labute approximate surface area is 152 Å². The van der Waals surface area contributed by atoms with Crippen molar-refractivity contribution in [3.8, 4) is 5.75 Å². The second-order valence-corrected chi connectivity index (χ2v) is 6.74. The number of amides is 1. The van der Waals surface area contributed by atoms with E-state index in [1.807, 2.05) is 55.1 Å². The highest BCUT2D eigenvalue weighted by Crippen LogP contribution is 2.37. The Kier molecular flexibility index (Phi) is 4.11. The lowest BCUT2D eigenvalue weighted by Gasteiger charge is -2.26. The minimum Gasteiger partial charge on any atom is -0.496 e. The second kappa shape index (κ2) is 6.44. The van der Waals surface area contributed by atoms with Gasteiger partial charge in [0.25, 0.3) is 5.91 Å². The topological polar surface area (TPSA) is 59.7 Å². The standard InChI is InChI=1S/C20H22N4O2/c1-13-11-19-21-16(12-14(2)24(19)22-13)20(25)23-10-6-8-17(23)15-7-4-5-9-18(15)26-3/h4-5,7,9,11-12,17H,6,8,10H2,1-3H3/t17-/m0/s1. The summed E-state index contributed by atoms with van der Waals surface area (Å²) in [5.74, 6) is 0.783. The van der Waals surface area contributed by atoms with Gasteiger partial charge in [0, 0.05) is 23.9 Å². The fraction of sp³-hybridized carbons (Fsp3) is 0.350. The summed E-state index contributed by atoms with van der Waals surface area (Å²) in [5, 5.41) is 4.41. The van der Waals surface area contributed by atoms with Crippen molar-refractivity contribution in [3.63, 3.8) is 0 Å². The first-order valence-electron chi connectivity index (χ1n) is 8.86. The van der Waals surface area contributed by atoms with Crippen LogP contribution in [-0.4, -0.2) is 39.1 Å². The van der Waals surface area contributed by atoms with Crippen LogP contribution in [0.4, 0.5) is 0 Å². The highest BCUT2D eigenvalue weighted by atomic mass is 16.5. The van der Waals surface area contributed by atoms with Gasteiger partial charge in [-0.2, -0.15) is 5.10 Å². The number of ether oxygens (including phenoxy) is 1. The Bertz CT molecular complexity index is 979. The molecule has 0 bridgehead atoms. The van der Waals surface area contributed by atoms with Gasteiger partial charge in [0.2, 0.25) is 0 Å². The van der Waals surface area contributed by atoms with Crippen molar-refractivity contribution in [1.29, 1.82) is 0 Å². The Morgan fingerprint density at radius 1 is 1.23 bits per heavy atom. The van der Waals surface area contributed by atoms with Crippen molar-refractivity contribution in [2.75, 3.05) is 13.7 Å². The maximum atomic E-state index is 13.2. The predicted octanol–water partition coefficient (Wildman–Crippen LogP) is 3.33. The molecule has 0 aliphatic carbocycles. The number of methoxy groups -OCH3 is 1. The van der Waals surface area contributed by atoms with Gasteiger partial charge in [-0.3, -0.25) is 4.79 Å². The zero-order valence-corrected chi connectivity index (χ0v) is 15.3. The Morgan fingerprint density at radius 2 is 2.04 bits per heavy atom. The molecule has 134 valence electrons. The molecule has 6 nitrogen and oxygen atoms in total. The maximum Gasteiger partial charge on any atom is 0.273 e. The first-order valence-corrected chi connectivity index (χ1v) is 8.86. The molecule has 1 aliphatic heterocycles. The summed E-state index contributed by atoms with van der Waals surface area (Å²) in [6, 6.07) is 11.7. The van der Waals surface area contributed by atoms with Crippen LogP contribution in [0.25, 0.3) is 5.65 Å². The van der Waals surface area contributed by atoms with Gasteiger partial charge in [-0.05, 0) is 38.8 Å². The maximum absolute atomic E-state index is 13.2. The zero-order valence-electron chi connectivity index (χ0n) is 15.3. The summed E-state index contributed by atoms with van der Waals surface area (Å²) in [4.78, 5) is 19.7. The Hall–Kier alpha value is -2.89. The number of hydrogen-bond donors (Lipinski definition) is 0. The van der Waals surface area contributed by atoms with E-state index in [9.17, 15) is 4.79 Å². The number of aromatic nitrogens is 3. The molecule has 0 saturated carbocycles. The summed E-state index contributed by atoms with van der Waals surface area (Å²) in [7, 11) is 1.67. The fourth-order valence-corrected chi connectivity index (χ4v) is 3.77. The van der Waals surface area contributed by atoms with E-state index >= 15 is 0 Å². The molecule has 3 heterocycles. The van der Waals surface area contributed by atoms with Crippen LogP contribution < -0.4 is 4.74 Å². The quantitative estimate of drug-likeness (QED) is 0.727. The van der Waals surface area contributed by atoms with Gasteiger partial charge in [0.15, 0.2) is 5.65 Å². The first-order chi connectivity index (χ1) is 12.6. The van der Waals surface area contributed by atoms with E-state index < -0.39 is 0 Å². The van der Waals surface area contributed by atoms with Gasteiger partial charge in [0.05, 0.1) is 18.8 Å². The van der Waals surface area contributed by atoms with E-state index in [-0.39, 0.29) is 11.9 Å². The molecular weight excluding hydrogens is 328 g/mol. The molecule has 1 aliphatic rings. The number of para-hydroxylation sites is 1. The Balaban J connectivity index is 1.71. The van der Waals surface area contributed by atoms with Gasteiger partial charge in [-0.15, -0.1) is 0 Å². The van der Waals surface area contributed by atoms with Crippen LogP contribution in [0.2, 0.25) is 0 Å². The van der Waals surface area contributed by atoms with Crippen molar-refractivity contribution in [1.82, 2.24) is 19.5 Å². The number of fused-ring (bicyclic) bond motifs is 1. The number of nitrogens with zero attached hydrogens (tertiary/aromatic N) is 4. The van der Waals surface area contributed by atoms with Crippen LogP contribution in [-0.2, 0) is 0 Å². The molecule has 3 aromatic rings. The molecular formula is C20H22N4O2. The largest absolute Gasteiger partial charge is 0.496 e. The highest BCUT2D eigenvalue weighted by molar-refractivity contribution is 5.93. The lowest BCUT2D eigenvalue weighted by molar-refractivity contribution is 0.0728. The zero-order chi connectivity index (χ0) is 18.3. The third kappa shape index (κ3) is 2.71. The molecule has 1 atom stereocenters. The molecule has 0 N–H and O–H groups in total. The summed E-state index contributed by atoms with van der Waals surface area (Å²) >= 11 is 0. The molecule has 4 rings (SSSR count). The van der Waals surface area contributed by atoms with Crippen LogP contribution in [0.5, 0.6) is 5.75 Å². The van der Waals surface area contributed by atoms with Gasteiger partial charge in [0.1, 0.15) is 11.4 Å². The molecule has 1 fully saturated rings. The minimum absolute atomic E-state index is 0.0172. The number of aryl methyl sites for hydroxylation is 2. The second-order valence-electron chi connectivity index (χ2n) is 6.74. The van der Waals surface area contributed by atoms with Gasteiger partial charge in [-0.1, -0.05) is 18.2 Å². The minimum atomic E-state index is -0.0390. The summed E-state index contributed by atoms with van der Waals surface area (Å²) < 4.78 is 7.28. The predicted molar refractivity (Wildman–Crippen MR) is 98.5 cm³/mol. The van der Waals surface area contributed by atoms with Crippen LogP contribution in [0.15, 0.2) is 36.4 Å². The van der Waals surface area contributed by atoms with E-state index in [0.29, 0.717) is 11.3 Å². The fourth-order valence-electron chi connectivity index (χ4n) is 3.77. The van der Waals surface area contributed by atoms with E-state index in [4.69, 9.17) is 4.74 Å². The summed E-state index contributed by atoms with van der Waals surface area (Å²) in [6.07, 6.45) is 1.90. The molecule has 26 heavy (non-hydrogen) atoms. The number of carbonyl (C=O) groups excluding carboxylic acids is 1.